The Hall–Kier alpha value is -0.820. The van der Waals surface area contributed by atoms with Gasteiger partial charge in [-0.1, -0.05) is 24.3 Å². The molecule has 2 N–H and O–H groups in total. The first-order valence-corrected chi connectivity index (χ1v) is 5.56. The third-order valence-electron chi connectivity index (χ3n) is 3.62. The van der Waals surface area contributed by atoms with Gasteiger partial charge in [0, 0.05) is 0 Å². The van der Waals surface area contributed by atoms with Crippen LogP contribution >= 0.6 is 0 Å². The van der Waals surface area contributed by atoms with Gasteiger partial charge in [-0.05, 0) is 55.7 Å². The molecule has 0 aromatic heterocycles. The maximum absolute atomic E-state index is 5.72. The molecule has 2 rings (SSSR count). The highest BCUT2D eigenvalue weighted by atomic mass is 14.6. The van der Waals surface area contributed by atoms with Crippen LogP contribution in [0.25, 0.3) is 0 Å². The van der Waals surface area contributed by atoms with Crippen molar-refractivity contribution in [3.63, 3.8) is 0 Å². The maximum Gasteiger partial charge on any atom is -0.00461 e. The van der Waals surface area contributed by atoms with Crippen molar-refractivity contribution in [1.29, 1.82) is 0 Å². The molecular weight excluding hydrogens is 170 g/mol. The van der Waals surface area contributed by atoms with Gasteiger partial charge >= 0.3 is 0 Å². The molecule has 0 spiro atoms. The zero-order chi connectivity index (χ0) is 9.97. The quantitative estimate of drug-likeness (QED) is 0.777. The molecule has 0 amide bonds. The minimum atomic E-state index is 0.787. The van der Waals surface area contributed by atoms with Crippen molar-refractivity contribution in [2.45, 2.75) is 26.2 Å². The summed E-state index contributed by atoms with van der Waals surface area (Å²) >= 11 is 0. The Balaban J connectivity index is 2.01. The molecule has 14 heavy (non-hydrogen) atoms. The molecule has 1 nitrogen and oxygen atoms in total. The summed E-state index contributed by atoms with van der Waals surface area (Å²) in [6.45, 7) is 3.07. The molecule has 1 aromatic rings. The number of hydrogen-bond acceptors (Lipinski definition) is 1. The van der Waals surface area contributed by atoms with Gasteiger partial charge < -0.3 is 5.73 Å². The second-order valence-corrected chi connectivity index (χ2v) is 4.46. The fourth-order valence-corrected chi connectivity index (χ4v) is 2.34. The van der Waals surface area contributed by atoms with E-state index in [0.29, 0.717) is 0 Å². The summed E-state index contributed by atoms with van der Waals surface area (Å²) in [4.78, 5) is 0. The van der Waals surface area contributed by atoms with Crippen molar-refractivity contribution < 1.29 is 0 Å². The number of rotatable bonds is 3. The van der Waals surface area contributed by atoms with Crippen molar-refractivity contribution in [3.05, 3.63) is 35.4 Å². The first-order valence-electron chi connectivity index (χ1n) is 5.56. The summed E-state index contributed by atoms with van der Waals surface area (Å²) in [7, 11) is 0. The largest absolute Gasteiger partial charge is 0.330 e. The molecular formula is C13H19N. The highest BCUT2D eigenvalue weighted by Crippen LogP contribution is 2.36. The van der Waals surface area contributed by atoms with Crippen LogP contribution in [-0.4, -0.2) is 6.54 Å². The lowest BCUT2D eigenvalue weighted by molar-refractivity contribution is 0.183. The van der Waals surface area contributed by atoms with Gasteiger partial charge in [-0.2, -0.15) is 0 Å². The zero-order valence-electron chi connectivity index (χ0n) is 8.87. The van der Waals surface area contributed by atoms with Crippen molar-refractivity contribution in [2.24, 2.45) is 17.6 Å². The van der Waals surface area contributed by atoms with E-state index in [1.807, 2.05) is 0 Å². The average Bonchev–Trinajstić information content (AvgIpc) is 2.15. The molecule has 0 radical (unpaired) electrons. The molecule has 1 saturated carbocycles. The normalized spacial score (nSPS) is 25.9. The highest BCUT2D eigenvalue weighted by molar-refractivity contribution is 5.26. The third kappa shape index (κ3) is 1.83. The van der Waals surface area contributed by atoms with Gasteiger partial charge in [-0.3, -0.25) is 0 Å². The van der Waals surface area contributed by atoms with Gasteiger partial charge in [0.25, 0.3) is 0 Å². The molecule has 1 aliphatic rings. The van der Waals surface area contributed by atoms with Crippen LogP contribution in [0.3, 0.4) is 0 Å². The summed E-state index contributed by atoms with van der Waals surface area (Å²) in [6.07, 6.45) is 3.94. The van der Waals surface area contributed by atoms with Gasteiger partial charge in [0.05, 0.1) is 0 Å². The van der Waals surface area contributed by atoms with Crippen LogP contribution in [0.1, 0.15) is 24.0 Å². The van der Waals surface area contributed by atoms with Gasteiger partial charge in [-0.25, -0.2) is 0 Å². The lowest BCUT2D eigenvalue weighted by atomic mass is 9.70. The predicted octanol–water partition coefficient (Wildman–Crippen LogP) is 2.52. The Labute approximate surface area is 86.3 Å². The Morgan fingerprint density at radius 3 is 2.50 bits per heavy atom. The molecule has 2 unspecified atom stereocenters. The lowest BCUT2D eigenvalue weighted by Crippen LogP contribution is -2.33. The van der Waals surface area contributed by atoms with E-state index in [1.165, 1.54) is 30.4 Å². The van der Waals surface area contributed by atoms with Crippen LogP contribution in [0, 0.1) is 18.8 Å². The third-order valence-corrected chi connectivity index (χ3v) is 3.62. The highest BCUT2D eigenvalue weighted by Gasteiger charge is 2.29. The fourth-order valence-electron chi connectivity index (χ4n) is 2.34. The predicted molar refractivity (Wildman–Crippen MR) is 60.2 cm³/mol. The van der Waals surface area contributed by atoms with Crippen LogP contribution in [0.4, 0.5) is 0 Å². The van der Waals surface area contributed by atoms with E-state index in [9.17, 15) is 0 Å². The van der Waals surface area contributed by atoms with E-state index in [4.69, 9.17) is 5.73 Å². The Morgan fingerprint density at radius 2 is 1.93 bits per heavy atom. The molecule has 0 aliphatic heterocycles. The molecule has 1 fully saturated rings. The monoisotopic (exact) mass is 189 g/mol. The first kappa shape index (κ1) is 9.72. The fraction of sp³-hybridized carbons (Fsp3) is 0.538. The summed E-state index contributed by atoms with van der Waals surface area (Å²) in [5, 5.41) is 0. The Bertz CT molecular complexity index is 304. The lowest BCUT2D eigenvalue weighted by Gasteiger charge is -2.36. The van der Waals surface area contributed by atoms with Crippen LogP contribution in [0.15, 0.2) is 24.3 Å². The molecule has 1 heteroatoms. The van der Waals surface area contributed by atoms with E-state index >= 15 is 0 Å². The minimum absolute atomic E-state index is 0.787. The molecule has 76 valence electrons. The van der Waals surface area contributed by atoms with E-state index in [2.05, 4.69) is 31.2 Å². The summed E-state index contributed by atoms with van der Waals surface area (Å²) in [5.74, 6) is 1.63. The smallest absolute Gasteiger partial charge is 0.00461 e. The molecule has 0 bridgehead atoms. The van der Waals surface area contributed by atoms with Crippen molar-refractivity contribution in [1.82, 2.24) is 0 Å². The van der Waals surface area contributed by atoms with Gasteiger partial charge in [-0.15, -0.1) is 0 Å². The van der Waals surface area contributed by atoms with Crippen molar-refractivity contribution in [2.75, 3.05) is 6.54 Å². The molecule has 0 heterocycles. The molecule has 1 aliphatic carbocycles. The Morgan fingerprint density at radius 1 is 1.21 bits per heavy atom. The standard InChI is InChI=1S/C13H19N/c1-10-4-2-3-5-11(10)8-12-6-7-13(12)9-14/h2-5,12-13H,6-9,14H2,1H3. The van der Waals surface area contributed by atoms with E-state index in [1.54, 1.807) is 0 Å². The minimum Gasteiger partial charge on any atom is -0.330 e. The van der Waals surface area contributed by atoms with Crippen LogP contribution in [-0.2, 0) is 6.42 Å². The molecule has 1 aromatic carbocycles. The number of aryl methyl sites for hydroxylation is 1. The summed E-state index contributed by atoms with van der Waals surface area (Å²) in [5.41, 5.74) is 8.65. The molecule has 0 saturated heterocycles. The van der Waals surface area contributed by atoms with Gasteiger partial charge in [0.1, 0.15) is 0 Å². The van der Waals surface area contributed by atoms with Gasteiger partial charge in [0.15, 0.2) is 0 Å². The number of benzene rings is 1. The van der Waals surface area contributed by atoms with Crippen molar-refractivity contribution in [3.8, 4) is 0 Å². The second kappa shape index (κ2) is 4.14. The summed E-state index contributed by atoms with van der Waals surface area (Å²) < 4.78 is 0. The second-order valence-electron chi connectivity index (χ2n) is 4.46. The Kier molecular flexibility index (Phi) is 2.87. The van der Waals surface area contributed by atoms with Gasteiger partial charge in [0.2, 0.25) is 0 Å². The topological polar surface area (TPSA) is 26.0 Å². The SMILES string of the molecule is Cc1ccccc1CC1CCC1CN. The number of nitrogens with two attached hydrogens (primary N) is 1. The summed E-state index contributed by atoms with van der Waals surface area (Å²) in [6, 6.07) is 8.70. The van der Waals surface area contributed by atoms with Crippen LogP contribution < -0.4 is 5.73 Å². The molecule has 2 atom stereocenters. The van der Waals surface area contributed by atoms with Crippen LogP contribution in [0.2, 0.25) is 0 Å². The number of hydrogen-bond donors (Lipinski definition) is 1. The van der Waals surface area contributed by atoms with Crippen molar-refractivity contribution >= 4 is 0 Å². The van der Waals surface area contributed by atoms with Crippen LogP contribution in [0.5, 0.6) is 0 Å². The van der Waals surface area contributed by atoms with E-state index in [0.717, 1.165) is 18.4 Å². The zero-order valence-corrected chi connectivity index (χ0v) is 8.87. The van der Waals surface area contributed by atoms with E-state index in [-0.39, 0.29) is 0 Å². The maximum atomic E-state index is 5.72. The average molecular weight is 189 g/mol. The first-order chi connectivity index (χ1) is 6.81. The van der Waals surface area contributed by atoms with E-state index < -0.39 is 0 Å².